The maximum Gasteiger partial charge on any atom is 0.251 e. The van der Waals surface area contributed by atoms with E-state index < -0.39 is 5.41 Å². The molecule has 0 bridgehead atoms. The minimum Gasteiger partial charge on any atom is -0.346 e. The predicted molar refractivity (Wildman–Crippen MR) is 118 cm³/mol. The molecule has 0 saturated carbocycles. The highest BCUT2D eigenvalue weighted by Crippen LogP contribution is 2.45. The summed E-state index contributed by atoms with van der Waals surface area (Å²) in [5.74, 6) is 0.170. The summed E-state index contributed by atoms with van der Waals surface area (Å²) in [6.45, 7) is 8.22. The Labute approximate surface area is 181 Å². The number of aromatic nitrogens is 3. The molecule has 0 saturated heterocycles. The van der Waals surface area contributed by atoms with Crippen molar-refractivity contribution in [2.75, 3.05) is 5.32 Å². The van der Waals surface area contributed by atoms with Crippen molar-refractivity contribution in [3.05, 3.63) is 82.6 Å². The van der Waals surface area contributed by atoms with Crippen LogP contribution in [0.25, 0.3) is 0 Å². The van der Waals surface area contributed by atoms with E-state index in [9.17, 15) is 9.59 Å². The number of pyridine rings is 1. The van der Waals surface area contributed by atoms with E-state index in [2.05, 4.69) is 25.6 Å². The number of carbonyl (C=O) groups is 2. The third kappa shape index (κ3) is 3.79. The molecule has 1 aromatic carbocycles. The van der Waals surface area contributed by atoms with Crippen LogP contribution in [-0.4, -0.2) is 26.8 Å². The number of rotatable bonds is 5. The highest BCUT2D eigenvalue weighted by Gasteiger charge is 2.48. The summed E-state index contributed by atoms with van der Waals surface area (Å²) in [5.41, 5.74) is 4.40. The molecule has 2 amide bonds. The minimum atomic E-state index is -0.783. The topological polar surface area (TPSA) is 96.9 Å². The number of hydrogen-bond donors (Lipinski definition) is 2. The first-order chi connectivity index (χ1) is 14.8. The fraction of sp³-hybridized carbons (Fsp3) is 0.292. The van der Waals surface area contributed by atoms with Crippen LogP contribution in [0.15, 0.2) is 48.9 Å². The van der Waals surface area contributed by atoms with Crippen LogP contribution in [0.5, 0.6) is 0 Å². The molecular formula is C24H25N5O2. The third-order valence-electron chi connectivity index (χ3n) is 6.10. The summed E-state index contributed by atoms with van der Waals surface area (Å²) in [6, 6.07) is 11.3. The normalized spacial score (nSPS) is 18.3. The van der Waals surface area contributed by atoms with E-state index in [1.807, 2.05) is 52.0 Å². The molecule has 2 atom stereocenters. The Morgan fingerprint density at radius 3 is 2.65 bits per heavy atom. The molecule has 0 fully saturated rings. The summed E-state index contributed by atoms with van der Waals surface area (Å²) in [5, 5.41) is 5.77. The molecule has 2 aromatic heterocycles. The first kappa shape index (κ1) is 20.7. The van der Waals surface area contributed by atoms with Crippen molar-refractivity contribution in [1.29, 1.82) is 0 Å². The largest absolute Gasteiger partial charge is 0.346 e. The van der Waals surface area contributed by atoms with E-state index in [4.69, 9.17) is 0 Å². The van der Waals surface area contributed by atoms with Gasteiger partial charge in [0.05, 0.1) is 17.7 Å². The number of nitrogens with zero attached hydrogens (tertiary/aromatic N) is 3. The molecular weight excluding hydrogens is 390 g/mol. The molecule has 2 N–H and O–H groups in total. The first-order valence-corrected chi connectivity index (χ1v) is 10.2. The number of benzene rings is 1. The van der Waals surface area contributed by atoms with Gasteiger partial charge in [-0.15, -0.1) is 0 Å². The van der Waals surface area contributed by atoms with Crippen LogP contribution in [0.4, 0.5) is 5.82 Å². The van der Waals surface area contributed by atoms with Gasteiger partial charge in [0.25, 0.3) is 5.91 Å². The smallest absolute Gasteiger partial charge is 0.251 e. The zero-order valence-electron chi connectivity index (χ0n) is 18.1. The maximum absolute atomic E-state index is 12.8. The van der Waals surface area contributed by atoms with Gasteiger partial charge < -0.3 is 10.6 Å². The van der Waals surface area contributed by atoms with Crippen molar-refractivity contribution in [2.45, 2.75) is 45.6 Å². The second-order valence-electron chi connectivity index (χ2n) is 8.25. The molecule has 0 spiro atoms. The van der Waals surface area contributed by atoms with Gasteiger partial charge in [-0.1, -0.05) is 19.1 Å². The number of anilines is 1. The highest BCUT2D eigenvalue weighted by molar-refractivity contribution is 6.05. The minimum absolute atomic E-state index is 0.0988. The Balaban J connectivity index is 1.49. The summed E-state index contributed by atoms with van der Waals surface area (Å²) in [4.78, 5) is 38.1. The summed E-state index contributed by atoms with van der Waals surface area (Å²) >= 11 is 0. The average molecular weight is 415 g/mol. The van der Waals surface area contributed by atoms with Crippen LogP contribution < -0.4 is 10.6 Å². The number of aryl methyl sites for hydroxylation is 2. The quantitative estimate of drug-likeness (QED) is 0.665. The molecule has 0 unspecified atom stereocenters. The first-order valence-electron chi connectivity index (χ1n) is 10.2. The molecule has 0 aliphatic carbocycles. The van der Waals surface area contributed by atoms with Crippen LogP contribution in [0.1, 0.15) is 58.2 Å². The summed E-state index contributed by atoms with van der Waals surface area (Å²) in [6.07, 6.45) is 3.12. The number of hydrogen-bond acceptors (Lipinski definition) is 5. The lowest BCUT2D eigenvalue weighted by Gasteiger charge is -2.29. The maximum atomic E-state index is 12.8. The van der Waals surface area contributed by atoms with E-state index in [1.165, 1.54) is 6.33 Å². The fourth-order valence-corrected chi connectivity index (χ4v) is 4.14. The van der Waals surface area contributed by atoms with Crippen molar-refractivity contribution in [1.82, 2.24) is 20.3 Å². The zero-order chi connectivity index (χ0) is 22.2. The molecule has 1 aliphatic heterocycles. The van der Waals surface area contributed by atoms with E-state index in [0.717, 1.165) is 28.1 Å². The van der Waals surface area contributed by atoms with Crippen LogP contribution in [0.2, 0.25) is 0 Å². The van der Waals surface area contributed by atoms with Gasteiger partial charge in [0.2, 0.25) is 5.91 Å². The van der Waals surface area contributed by atoms with E-state index in [0.29, 0.717) is 17.9 Å². The fourth-order valence-electron chi connectivity index (χ4n) is 4.14. The van der Waals surface area contributed by atoms with Crippen LogP contribution in [0.3, 0.4) is 0 Å². The number of fused-ring (bicyclic) bond motifs is 1. The molecule has 0 radical (unpaired) electrons. The van der Waals surface area contributed by atoms with Gasteiger partial charge in [0, 0.05) is 23.0 Å². The molecule has 1 aliphatic rings. The van der Waals surface area contributed by atoms with Gasteiger partial charge in [-0.2, -0.15) is 0 Å². The Bertz CT molecular complexity index is 1140. The van der Waals surface area contributed by atoms with Crippen molar-refractivity contribution in [3.8, 4) is 0 Å². The predicted octanol–water partition coefficient (Wildman–Crippen LogP) is 3.43. The van der Waals surface area contributed by atoms with E-state index >= 15 is 0 Å². The lowest BCUT2D eigenvalue weighted by Crippen LogP contribution is -2.36. The lowest BCUT2D eigenvalue weighted by atomic mass is 9.71. The van der Waals surface area contributed by atoms with Crippen LogP contribution >= 0.6 is 0 Å². The Morgan fingerprint density at radius 1 is 1.19 bits per heavy atom. The second kappa shape index (κ2) is 7.91. The monoisotopic (exact) mass is 415 g/mol. The van der Waals surface area contributed by atoms with Crippen LogP contribution in [0, 0.1) is 13.8 Å². The average Bonchev–Trinajstić information content (AvgIpc) is 3.02. The Morgan fingerprint density at radius 2 is 1.94 bits per heavy atom. The van der Waals surface area contributed by atoms with Crippen molar-refractivity contribution >= 4 is 17.6 Å². The van der Waals surface area contributed by atoms with Gasteiger partial charge in [-0.3, -0.25) is 14.6 Å². The van der Waals surface area contributed by atoms with Gasteiger partial charge in [0.15, 0.2) is 0 Å². The van der Waals surface area contributed by atoms with Crippen molar-refractivity contribution in [2.24, 2.45) is 0 Å². The Hall–Kier alpha value is -3.61. The molecule has 31 heavy (non-hydrogen) atoms. The van der Waals surface area contributed by atoms with E-state index in [-0.39, 0.29) is 17.7 Å². The molecule has 3 aromatic rings. The van der Waals surface area contributed by atoms with Gasteiger partial charge in [-0.25, -0.2) is 9.97 Å². The molecule has 158 valence electrons. The van der Waals surface area contributed by atoms with Gasteiger partial charge in [-0.05, 0) is 62.1 Å². The van der Waals surface area contributed by atoms with Crippen LogP contribution in [-0.2, 0) is 16.8 Å². The lowest BCUT2D eigenvalue weighted by molar-refractivity contribution is -0.120. The van der Waals surface area contributed by atoms with E-state index in [1.54, 1.807) is 18.3 Å². The molecule has 4 rings (SSSR count). The third-order valence-corrected chi connectivity index (χ3v) is 6.10. The standard InChI is InChI=1S/C24H25N5O2/c1-14-9-15(2)28-19(10-14)11-26-22(30)18-7-5-17(6-8-18)16(3)24(4)20-12-25-13-27-21(20)29-23(24)31/h5-10,12-13,16H,11H2,1-4H3,(H,26,30)(H,25,27,29,31)/t16-,24-/m1/s1. The molecule has 3 heterocycles. The van der Waals surface area contributed by atoms with Gasteiger partial charge in [0.1, 0.15) is 12.1 Å². The molecule has 7 heteroatoms. The number of carbonyl (C=O) groups excluding carboxylic acids is 2. The Kier molecular flexibility index (Phi) is 5.27. The second-order valence-corrected chi connectivity index (χ2v) is 8.25. The number of nitrogens with one attached hydrogen (secondary N) is 2. The van der Waals surface area contributed by atoms with Crippen molar-refractivity contribution in [3.63, 3.8) is 0 Å². The SMILES string of the molecule is Cc1cc(C)nc(CNC(=O)c2ccc([C@@H](C)[C@@]3(C)C(=O)Nc4ncncc43)cc2)c1. The summed E-state index contributed by atoms with van der Waals surface area (Å²) < 4.78 is 0. The molecule has 7 nitrogen and oxygen atoms in total. The van der Waals surface area contributed by atoms with Gasteiger partial charge >= 0.3 is 0 Å². The summed E-state index contributed by atoms with van der Waals surface area (Å²) in [7, 11) is 0. The van der Waals surface area contributed by atoms with Crippen molar-refractivity contribution < 1.29 is 9.59 Å². The number of amides is 2. The zero-order valence-corrected chi connectivity index (χ0v) is 18.1. The highest BCUT2D eigenvalue weighted by atomic mass is 16.2.